The second-order valence-electron chi connectivity index (χ2n) is 5.87. The van der Waals surface area contributed by atoms with Crippen LogP contribution >= 0.6 is 0 Å². The Bertz CT molecular complexity index is 642. The van der Waals surface area contributed by atoms with Crippen LogP contribution in [0.5, 0.6) is 11.5 Å². The zero-order chi connectivity index (χ0) is 15.1. The molecule has 116 valence electrons. The second kappa shape index (κ2) is 5.15. The Kier molecular flexibility index (Phi) is 3.59. The van der Waals surface area contributed by atoms with Crippen molar-refractivity contribution in [2.24, 2.45) is 0 Å². The van der Waals surface area contributed by atoms with Gasteiger partial charge in [-0.2, -0.15) is 4.31 Å². The maximum atomic E-state index is 12.9. The first-order valence-electron chi connectivity index (χ1n) is 7.04. The molecule has 0 radical (unpaired) electrons. The lowest BCUT2D eigenvalue weighted by molar-refractivity contribution is 0.170. The molecule has 7 heteroatoms. The van der Waals surface area contributed by atoms with Crippen molar-refractivity contribution in [3.05, 3.63) is 18.2 Å². The lowest BCUT2D eigenvalue weighted by atomic mass is 10.0. The maximum Gasteiger partial charge on any atom is 0.243 e. The van der Waals surface area contributed by atoms with E-state index in [4.69, 9.17) is 9.47 Å². The highest BCUT2D eigenvalue weighted by molar-refractivity contribution is 7.89. The van der Waals surface area contributed by atoms with Crippen LogP contribution in [0.25, 0.3) is 0 Å². The van der Waals surface area contributed by atoms with E-state index in [-0.39, 0.29) is 4.90 Å². The minimum Gasteiger partial charge on any atom is -0.486 e. The number of piperazine rings is 1. The molecule has 0 unspecified atom stereocenters. The summed E-state index contributed by atoms with van der Waals surface area (Å²) in [4.78, 5) is 0.252. The smallest absolute Gasteiger partial charge is 0.243 e. The molecule has 1 saturated heterocycles. The van der Waals surface area contributed by atoms with Crippen LogP contribution in [0.15, 0.2) is 23.1 Å². The summed E-state index contributed by atoms with van der Waals surface area (Å²) in [5.41, 5.74) is -0.454. The van der Waals surface area contributed by atoms with E-state index in [0.29, 0.717) is 44.3 Å². The van der Waals surface area contributed by atoms with Crippen LogP contribution in [0.2, 0.25) is 0 Å². The van der Waals surface area contributed by atoms with E-state index in [0.717, 1.165) is 0 Å². The largest absolute Gasteiger partial charge is 0.486 e. The molecule has 0 saturated carbocycles. The predicted molar refractivity (Wildman–Crippen MR) is 78.3 cm³/mol. The average molecular weight is 312 g/mol. The number of hydrogen-bond donors (Lipinski definition) is 1. The molecule has 0 spiro atoms. The van der Waals surface area contributed by atoms with E-state index in [2.05, 4.69) is 5.32 Å². The highest BCUT2D eigenvalue weighted by Gasteiger charge is 2.39. The van der Waals surface area contributed by atoms with Gasteiger partial charge in [0.15, 0.2) is 11.5 Å². The highest BCUT2D eigenvalue weighted by atomic mass is 32.2. The van der Waals surface area contributed by atoms with Gasteiger partial charge in [-0.1, -0.05) is 0 Å². The van der Waals surface area contributed by atoms with Crippen molar-refractivity contribution in [3.8, 4) is 11.5 Å². The number of ether oxygens (including phenoxy) is 2. The first-order chi connectivity index (χ1) is 9.91. The molecule has 0 amide bonds. The molecule has 2 aliphatic rings. The molecule has 0 bridgehead atoms. The fraction of sp³-hybridized carbons (Fsp3) is 0.571. The van der Waals surface area contributed by atoms with Gasteiger partial charge in [-0.25, -0.2) is 8.42 Å². The van der Waals surface area contributed by atoms with Gasteiger partial charge in [-0.3, -0.25) is 0 Å². The molecule has 1 aromatic rings. The minimum atomic E-state index is -3.55. The SMILES string of the molecule is CC1(C)CNCCN1S(=O)(=O)c1ccc2c(c1)OCCO2. The molecule has 1 N–H and O–H groups in total. The van der Waals surface area contributed by atoms with Gasteiger partial charge >= 0.3 is 0 Å². The van der Waals surface area contributed by atoms with Crippen LogP contribution < -0.4 is 14.8 Å². The number of nitrogens with zero attached hydrogens (tertiary/aromatic N) is 1. The van der Waals surface area contributed by atoms with Gasteiger partial charge in [0, 0.05) is 31.2 Å². The van der Waals surface area contributed by atoms with Gasteiger partial charge < -0.3 is 14.8 Å². The van der Waals surface area contributed by atoms with E-state index < -0.39 is 15.6 Å². The number of sulfonamides is 1. The summed E-state index contributed by atoms with van der Waals surface area (Å²) in [5, 5.41) is 3.23. The Morgan fingerprint density at radius 1 is 1.19 bits per heavy atom. The fourth-order valence-electron chi connectivity index (χ4n) is 2.72. The van der Waals surface area contributed by atoms with Crippen LogP contribution in [0.1, 0.15) is 13.8 Å². The van der Waals surface area contributed by atoms with Crippen LogP contribution in [0.3, 0.4) is 0 Å². The number of nitrogens with one attached hydrogen (secondary N) is 1. The third-order valence-corrected chi connectivity index (χ3v) is 5.93. The molecular weight excluding hydrogens is 292 g/mol. The Labute approximate surface area is 125 Å². The lowest BCUT2D eigenvalue weighted by Gasteiger charge is -2.41. The summed E-state index contributed by atoms with van der Waals surface area (Å²) in [5.74, 6) is 1.09. The molecule has 0 aromatic heterocycles. The van der Waals surface area contributed by atoms with Crippen molar-refractivity contribution in [2.45, 2.75) is 24.3 Å². The van der Waals surface area contributed by atoms with Gasteiger partial charge in [0.2, 0.25) is 10.0 Å². The van der Waals surface area contributed by atoms with Crippen molar-refractivity contribution < 1.29 is 17.9 Å². The van der Waals surface area contributed by atoms with E-state index in [9.17, 15) is 8.42 Å². The molecule has 3 rings (SSSR count). The molecule has 21 heavy (non-hydrogen) atoms. The standard InChI is InChI=1S/C14H20N2O4S/c1-14(2)10-15-5-6-16(14)21(17,18)11-3-4-12-13(9-11)20-8-7-19-12/h3-4,9,15H,5-8,10H2,1-2H3. The van der Waals surface area contributed by atoms with Crippen molar-refractivity contribution in [1.29, 1.82) is 0 Å². The third kappa shape index (κ3) is 2.61. The Morgan fingerprint density at radius 2 is 1.90 bits per heavy atom. The summed E-state index contributed by atoms with van der Waals surface area (Å²) in [7, 11) is -3.55. The van der Waals surface area contributed by atoms with Crippen molar-refractivity contribution in [2.75, 3.05) is 32.8 Å². The third-order valence-electron chi connectivity index (χ3n) is 3.83. The summed E-state index contributed by atoms with van der Waals surface area (Å²) in [6, 6.07) is 4.81. The monoisotopic (exact) mass is 312 g/mol. The summed E-state index contributed by atoms with van der Waals surface area (Å²) < 4.78 is 38.3. The second-order valence-corrected chi connectivity index (χ2v) is 7.73. The summed E-state index contributed by atoms with van der Waals surface area (Å²) >= 11 is 0. The van der Waals surface area contributed by atoms with Gasteiger partial charge in [-0.15, -0.1) is 0 Å². The number of fused-ring (bicyclic) bond motifs is 1. The topological polar surface area (TPSA) is 67.9 Å². The van der Waals surface area contributed by atoms with Gasteiger partial charge in [0.05, 0.1) is 4.90 Å². The molecule has 0 aliphatic carbocycles. The van der Waals surface area contributed by atoms with Crippen LogP contribution in [-0.2, 0) is 10.0 Å². The lowest BCUT2D eigenvalue weighted by Crippen LogP contribution is -2.59. The zero-order valence-corrected chi connectivity index (χ0v) is 13.1. The molecule has 6 nitrogen and oxygen atoms in total. The number of benzene rings is 1. The van der Waals surface area contributed by atoms with Crippen LogP contribution in [0, 0.1) is 0 Å². The summed E-state index contributed by atoms with van der Waals surface area (Å²) in [6.07, 6.45) is 0. The van der Waals surface area contributed by atoms with E-state index in [1.807, 2.05) is 13.8 Å². The van der Waals surface area contributed by atoms with E-state index >= 15 is 0 Å². The van der Waals surface area contributed by atoms with Crippen LogP contribution in [-0.4, -0.2) is 51.1 Å². The van der Waals surface area contributed by atoms with Gasteiger partial charge in [0.1, 0.15) is 13.2 Å². The highest BCUT2D eigenvalue weighted by Crippen LogP contribution is 2.34. The molecule has 1 aromatic carbocycles. The van der Waals surface area contributed by atoms with Gasteiger partial charge in [0.25, 0.3) is 0 Å². The first-order valence-corrected chi connectivity index (χ1v) is 8.48. The number of rotatable bonds is 2. The fourth-order valence-corrected chi connectivity index (χ4v) is 4.52. The predicted octanol–water partition coefficient (Wildman–Crippen LogP) is 0.830. The minimum absolute atomic E-state index is 0.252. The molecule has 0 atom stereocenters. The van der Waals surface area contributed by atoms with Crippen molar-refractivity contribution >= 4 is 10.0 Å². The average Bonchev–Trinajstić information content (AvgIpc) is 2.46. The van der Waals surface area contributed by atoms with Crippen LogP contribution in [0.4, 0.5) is 0 Å². The molecule has 1 fully saturated rings. The van der Waals surface area contributed by atoms with E-state index in [1.165, 1.54) is 0 Å². The molecule has 2 aliphatic heterocycles. The molecule has 2 heterocycles. The van der Waals surface area contributed by atoms with Crippen molar-refractivity contribution in [3.63, 3.8) is 0 Å². The maximum absolute atomic E-state index is 12.9. The van der Waals surface area contributed by atoms with Crippen molar-refractivity contribution in [1.82, 2.24) is 9.62 Å². The van der Waals surface area contributed by atoms with Gasteiger partial charge in [-0.05, 0) is 26.0 Å². The Morgan fingerprint density at radius 3 is 2.62 bits per heavy atom. The molecular formula is C14H20N2O4S. The number of hydrogen-bond acceptors (Lipinski definition) is 5. The first kappa shape index (κ1) is 14.6. The Hall–Kier alpha value is -1.31. The zero-order valence-electron chi connectivity index (χ0n) is 12.3. The quantitative estimate of drug-likeness (QED) is 0.876. The normalized spacial score (nSPS) is 22.0. The summed E-state index contributed by atoms with van der Waals surface area (Å²) in [6.45, 7) is 6.54. The Balaban J connectivity index is 1.98. The van der Waals surface area contributed by atoms with E-state index in [1.54, 1.807) is 22.5 Å².